The van der Waals surface area contributed by atoms with E-state index in [-0.39, 0.29) is 0 Å². The van der Waals surface area contributed by atoms with Crippen LogP contribution in [-0.4, -0.2) is 71.8 Å². The molecule has 0 aliphatic carbocycles. The van der Waals surface area contributed by atoms with Gasteiger partial charge < -0.3 is 9.64 Å². The Labute approximate surface area is 186 Å². The summed E-state index contributed by atoms with van der Waals surface area (Å²) in [5.41, 5.74) is 4.01. The van der Waals surface area contributed by atoms with E-state index in [2.05, 4.69) is 36.7 Å². The average molecular weight is 437 g/mol. The van der Waals surface area contributed by atoms with Crippen molar-refractivity contribution in [1.29, 1.82) is 0 Å². The molecule has 3 aromatic rings. The van der Waals surface area contributed by atoms with Gasteiger partial charge in [-0.2, -0.15) is 0 Å². The van der Waals surface area contributed by atoms with Crippen LogP contribution in [0.15, 0.2) is 53.5 Å². The van der Waals surface area contributed by atoms with Crippen LogP contribution in [-0.2, 0) is 11.3 Å². The van der Waals surface area contributed by atoms with Crippen molar-refractivity contribution in [2.75, 3.05) is 51.3 Å². The van der Waals surface area contributed by atoms with Gasteiger partial charge >= 0.3 is 0 Å². The Morgan fingerprint density at radius 3 is 2.58 bits per heavy atom. The smallest absolute Gasteiger partial charge is 0.232 e. The lowest BCUT2D eigenvalue weighted by Crippen LogP contribution is -2.48. The van der Waals surface area contributed by atoms with Crippen molar-refractivity contribution >= 4 is 23.3 Å². The van der Waals surface area contributed by atoms with Crippen LogP contribution in [0.25, 0.3) is 5.69 Å². The summed E-state index contributed by atoms with van der Waals surface area (Å²) in [5, 5.41) is 9.76. The molecule has 160 valence electrons. The Morgan fingerprint density at radius 2 is 1.81 bits per heavy atom. The summed E-state index contributed by atoms with van der Waals surface area (Å²) in [6.45, 7) is 5.94. The van der Waals surface area contributed by atoms with Crippen LogP contribution in [0.4, 0.5) is 5.95 Å². The molecule has 5 rings (SSSR count). The lowest BCUT2D eigenvalue weighted by Gasteiger charge is -2.35. The predicted molar refractivity (Wildman–Crippen MR) is 123 cm³/mol. The van der Waals surface area contributed by atoms with Gasteiger partial charge in [0.2, 0.25) is 5.95 Å². The number of nitrogens with zero attached hydrogens (tertiary/aromatic N) is 6. The molecule has 0 radical (unpaired) electrons. The molecule has 2 aliphatic rings. The van der Waals surface area contributed by atoms with Crippen LogP contribution in [0, 0.1) is 0 Å². The predicted octanol–water partition coefficient (Wildman–Crippen LogP) is 3.04. The van der Waals surface area contributed by atoms with Crippen LogP contribution < -0.4 is 4.90 Å². The van der Waals surface area contributed by atoms with E-state index in [1.807, 2.05) is 36.4 Å². The second-order valence-corrected chi connectivity index (χ2v) is 8.20. The van der Waals surface area contributed by atoms with Crippen molar-refractivity contribution in [3.05, 3.63) is 70.5 Å². The fraction of sp³-hybridized carbons (Fsp3) is 0.348. The molecule has 0 unspecified atom stereocenters. The average Bonchev–Trinajstić information content (AvgIpc) is 3.16. The molecule has 7 nitrogen and oxygen atoms in total. The summed E-state index contributed by atoms with van der Waals surface area (Å²) in [7, 11) is 1.75. The zero-order chi connectivity index (χ0) is 21.2. The van der Waals surface area contributed by atoms with Crippen molar-refractivity contribution in [3.63, 3.8) is 0 Å². The van der Waals surface area contributed by atoms with Gasteiger partial charge in [-0.3, -0.25) is 14.5 Å². The summed E-state index contributed by atoms with van der Waals surface area (Å²) >= 11 is 6.41. The molecule has 0 saturated carbocycles. The first-order valence-corrected chi connectivity index (χ1v) is 10.9. The van der Waals surface area contributed by atoms with Gasteiger partial charge in [-0.25, -0.2) is 0 Å². The summed E-state index contributed by atoms with van der Waals surface area (Å²) in [5.74, 6) is 1.71. The van der Waals surface area contributed by atoms with E-state index < -0.39 is 0 Å². The highest BCUT2D eigenvalue weighted by Gasteiger charge is 2.27. The minimum atomic E-state index is 0.470. The SMILES string of the molecule is COCCN1CCN(c2nnc3n2-c2ccc(Cl)cc2C(c2ccccc2)=NC3)CC1. The van der Waals surface area contributed by atoms with Crippen molar-refractivity contribution in [3.8, 4) is 5.69 Å². The van der Waals surface area contributed by atoms with Crippen molar-refractivity contribution < 1.29 is 4.74 Å². The van der Waals surface area contributed by atoms with Crippen LogP contribution in [0.5, 0.6) is 0 Å². The maximum Gasteiger partial charge on any atom is 0.232 e. The fourth-order valence-electron chi connectivity index (χ4n) is 4.22. The number of ether oxygens (including phenoxy) is 1. The van der Waals surface area contributed by atoms with Gasteiger partial charge in [0.25, 0.3) is 0 Å². The Bertz CT molecular complexity index is 1090. The van der Waals surface area contributed by atoms with Gasteiger partial charge in [0.05, 0.1) is 18.0 Å². The van der Waals surface area contributed by atoms with E-state index in [9.17, 15) is 0 Å². The molecule has 2 aliphatic heterocycles. The molecule has 0 amide bonds. The molecule has 3 heterocycles. The fourth-order valence-corrected chi connectivity index (χ4v) is 4.40. The van der Waals surface area contributed by atoms with Crippen molar-refractivity contribution in [1.82, 2.24) is 19.7 Å². The summed E-state index contributed by atoms with van der Waals surface area (Å²) in [6, 6.07) is 16.2. The van der Waals surface area contributed by atoms with Gasteiger partial charge in [-0.05, 0) is 18.2 Å². The third kappa shape index (κ3) is 3.96. The number of anilines is 1. The molecular weight excluding hydrogens is 412 g/mol. The number of aliphatic imine (C=N–C) groups is 1. The minimum absolute atomic E-state index is 0.470. The van der Waals surface area contributed by atoms with E-state index in [1.165, 1.54) is 0 Å². The topological polar surface area (TPSA) is 58.8 Å². The number of aromatic nitrogens is 3. The normalized spacial score (nSPS) is 16.5. The highest BCUT2D eigenvalue weighted by Crippen LogP contribution is 2.31. The third-order valence-electron chi connectivity index (χ3n) is 5.86. The first-order valence-electron chi connectivity index (χ1n) is 10.6. The molecule has 2 aromatic carbocycles. The van der Waals surface area contributed by atoms with E-state index in [0.717, 1.165) is 73.6 Å². The number of hydrogen-bond donors (Lipinski definition) is 0. The number of piperazine rings is 1. The van der Waals surface area contributed by atoms with Crippen molar-refractivity contribution in [2.24, 2.45) is 4.99 Å². The first-order chi connectivity index (χ1) is 15.2. The lowest BCUT2D eigenvalue weighted by molar-refractivity contribution is 0.143. The molecule has 1 fully saturated rings. The number of halogens is 1. The molecule has 8 heteroatoms. The maximum atomic E-state index is 6.41. The Morgan fingerprint density at radius 1 is 1.00 bits per heavy atom. The Balaban J connectivity index is 1.51. The zero-order valence-electron chi connectivity index (χ0n) is 17.5. The van der Waals surface area contributed by atoms with Crippen LogP contribution in [0.3, 0.4) is 0 Å². The molecule has 0 N–H and O–H groups in total. The third-order valence-corrected chi connectivity index (χ3v) is 6.10. The molecular formula is C23H25ClN6O. The first kappa shape index (κ1) is 20.2. The van der Waals surface area contributed by atoms with E-state index in [4.69, 9.17) is 21.3 Å². The maximum absolute atomic E-state index is 6.41. The van der Waals surface area contributed by atoms with Gasteiger partial charge in [-0.15, -0.1) is 10.2 Å². The summed E-state index contributed by atoms with van der Waals surface area (Å²) in [6.07, 6.45) is 0. The number of benzene rings is 2. The minimum Gasteiger partial charge on any atom is -0.383 e. The largest absolute Gasteiger partial charge is 0.383 e. The summed E-state index contributed by atoms with van der Waals surface area (Å²) < 4.78 is 7.37. The Hall–Kier alpha value is -2.74. The highest BCUT2D eigenvalue weighted by atomic mass is 35.5. The van der Waals surface area contributed by atoms with E-state index >= 15 is 0 Å². The Kier molecular flexibility index (Phi) is 5.72. The standard InChI is InChI=1S/C23H25ClN6O/c1-31-14-13-28-9-11-29(12-10-28)23-27-26-21-16-25-22(17-5-3-2-4-6-17)19-15-18(24)7-8-20(19)30(21)23/h2-8,15H,9-14,16H2,1H3. The van der Waals surface area contributed by atoms with Gasteiger partial charge in [0.15, 0.2) is 5.82 Å². The second-order valence-electron chi connectivity index (χ2n) is 7.77. The van der Waals surface area contributed by atoms with E-state index in [0.29, 0.717) is 11.6 Å². The molecule has 0 spiro atoms. The monoisotopic (exact) mass is 436 g/mol. The van der Waals surface area contributed by atoms with Crippen molar-refractivity contribution in [2.45, 2.75) is 6.54 Å². The molecule has 0 atom stereocenters. The highest BCUT2D eigenvalue weighted by molar-refractivity contribution is 6.31. The number of hydrogen-bond acceptors (Lipinski definition) is 6. The molecule has 0 bridgehead atoms. The number of rotatable bonds is 5. The van der Waals surface area contributed by atoms with Crippen LogP contribution in [0.2, 0.25) is 5.02 Å². The molecule has 1 saturated heterocycles. The number of methoxy groups -OCH3 is 1. The zero-order valence-corrected chi connectivity index (χ0v) is 18.3. The second kappa shape index (κ2) is 8.78. The number of fused-ring (bicyclic) bond motifs is 3. The van der Waals surface area contributed by atoms with Crippen LogP contribution in [0.1, 0.15) is 17.0 Å². The van der Waals surface area contributed by atoms with Gasteiger partial charge in [0, 0.05) is 56.0 Å². The quantitative estimate of drug-likeness (QED) is 0.615. The summed E-state index contributed by atoms with van der Waals surface area (Å²) in [4.78, 5) is 9.65. The van der Waals surface area contributed by atoms with Gasteiger partial charge in [0.1, 0.15) is 6.54 Å². The van der Waals surface area contributed by atoms with E-state index in [1.54, 1.807) is 7.11 Å². The van der Waals surface area contributed by atoms with Gasteiger partial charge in [-0.1, -0.05) is 41.9 Å². The molecule has 1 aromatic heterocycles. The lowest BCUT2D eigenvalue weighted by atomic mass is 10.0. The van der Waals surface area contributed by atoms with Crippen LogP contribution >= 0.6 is 11.6 Å². The molecule has 31 heavy (non-hydrogen) atoms.